The highest BCUT2D eigenvalue weighted by molar-refractivity contribution is 5.93. The molecular formula is C16H19F3N4O2. The number of benzene rings is 1. The number of anilines is 1. The normalized spacial score (nSPS) is 19.2. The van der Waals surface area contributed by atoms with E-state index in [0.29, 0.717) is 36.2 Å². The number of imidazole rings is 1. The zero-order chi connectivity index (χ0) is 18.0. The molecule has 1 amide bonds. The summed E-state index contributed by atoms with van der Waals surface area (Å²) in [5.41, 5.74) is 1.41. The second-order valence-corrected chi connectivity index (χ2v) is 6.32. The number of halogens is 3. The van der Waals surface area contributed by atoms with Gasteiger partial charge in [0.15, 0.2) is 0 Å². The summed E-state index contributed by atoms with van der Waals surface area (Å²) >= 11 is 0. The van der Waals surface area contributed by atoms with Gasteiger partial charge in [-0.15, -0.1) is 0 Å². The first-order valence-electron chi connectivity index (χ1n) is 8.12. The van der Waals surface area contributed by atoms with Gasteiger partial charge < -0.3 is 20.2 Å². The molecule has 25 heavy (non-hydrogen) atoms. The molecular weight excluding hydrogens is 337 g/mol. The van der Waals surface area contributed by atoms with Crippen LogP contribution in [0.1, 0.15) is 19.3 Å². The first-order valence-corrected chi connectivity index (χ1v) is 8.12. The van der Waals surface area contributed by atoms with Crippen LogP contribution in [0.4, 0.5) is 18.9 Å². The largest absolute Gasteiger partial charge is 0.393 e. The van der Waals surface area contributed by atoms with Crippen molar-refractivity contribution in [3.8, 4) is 0 Å². The van der Waals surface area contributed by atoms with Crippen LogP contribution in [0.5, 0.6) is 0 Å². The molecule has 3 N–H and O–H groups in total. The summed E-state index contributed by atoms with van der Waals surface area (Å²) in [6, 6.07) is 4.96. The van der Waals surface area contributed by atoms with Crippen LogP contribution in [0.2, 0.25) is 0 Å². The maximum atomic E-state index is 12.8. The van der Waals surface area contributed by atoms with E-state index in [1.165, 1.54) is 0 Å². The number of hydrogen-bond acceptors (Lipinski definition) is 3. The number of nitrogens with zero attached hydrogens (tertiary/aromatic N) is 1. The number of aromatic amines is 2. The smallest absolute Gasteiger partial charge is 0.326 e. The Morgan fingerprint density at radius 3 is 2.80 bits per heavy atom. The number of carbonyl (C=O) groups excluding carboxylic acids is 1. The van der Waals surface area contributed by atoms with Gasteiger partial charge in [-0.05, 0) is 37.6 Å². The van der Waals surface area contributed by atoms with E-state index >= 15 is 0 Å². The van der Waals surface area contributed by atoms with Crippen LogP contribution >= 0.6 is 0 Å². The van der Waals surface area contributed by atoms with Crippen molar-refractivity contribution >= 4 is 22.6 Å². The van der Waals surface area contributed by atoms with Crippen molar-refractivity contribution in [3.63, 3.8) is 0 Å². The molecule has 0 bridgehead atoms. The number of amides is 1. The molecule has 3 rings (SSSR count). The molecule has 1 aromatic heterocycles. The molecule has 2 aromatic rings. The van der Waals surface area contributed by atoms with Crippen molar-refractivity contribution < 1.29 is 18.0 Å². The molecule has 0 saturated carbocycles. The highest BCUT2D eigenvalue weighted by atomic mass is 19.4. The Hall–Kier alpha value is -2.29. The number of fused-ring (bicyclic) bond motifs is 1. The SMILES string of the molecule is O=C(CCN1CCCC(C(F)(F)F)C1)Nc1ccc2[nH]c(=O)[nH]c2c1. The van der Waals surface area contributed by atoms with Crippen LogP contribution in [-0.4, -0.2) is 46.6 Å². The Balaban J connectivity index is 1.52. The monoisotopic (exact) mass is 356 g/mol. The molecule has 6 nitrogen and oxygen atoms in total. The van der Waals surface area contributed by atoms with E-state index < -0.39 is 12.1 Å². The third-order valence-corrected chi connectivity index (χ3v) is 4.42. The fourth-order valence-corrected chi connectivity index (χ4v) is 3.12. The van der Waals surface area contributed by atoms with Crippen molar-refractivity contribution in [2.24, 2.45) is 5.92 Å². The number of nitrogens with one attached hydrogen (secondary N) is 3. The molecule has 136 valence electrons. The summed E-state index contributed by atoms with van der Waals surface area (Å²) in [5.74, 6) is -1.58. The van der Waals surface area contributed by atoms with Crippen LogP contribution in [-0.2, 0) is 4.79 Å². The molecule has 1 aliphatic heterocycles. The number of piperidine rings is 1. The third-order valence-electron chi connectivity index (χ3n) is 4.42. The molecule has 2 heterocycles. The number of alkyl halides is 3. The molecule has 0 radical (unpaired) electrons. The summed E-state index contributed by atoms with van der Waals surface area (Å²) in [7, 11) is 0. The summed E-state index contributed by atoms with van der Waals surface area (Å²) in [5, 5.41) is 2.70. The van der Waals surface area contributed by atoms with Gasteiger partial charge in [0, 0.05) is 25.2 Å². The Kier molecular flexibility index (Phi) is 4.85. The molecule has 0 spiro atoms. The topological polar surface area (TPSA) is 81.0 Å². The Labute approximate surface area is 141 Å². The van der Waals surface area contributed by atoms with Gasteiger partial charge in [0.05, 0.1) is 17.0 Å². The zero-order valence-electron chi connectivity index (χ0n) is 13.4. The molecule has 1 atom stereocenters. The minimum atomic E-state index is -4.18. The maximum Gasteiger partial charge on any atom is 0.393 e. The van der Waals surface area contributed by atoms with Gasteiger partial charge in [0.25, 0.3) is 0 Å². The average molecular weight is 356 g/mol. The molecule has 0 aliphatic carbocycles. The maximum absolute atomic E-state index is 12.8. The van der Waals surface area contributed by atoms with Crippen LogP contribution in [0.3, 0.4) is 0 Å². The average Bonchev–Trinajstić information content (AvgIpc) is 2.92. The number of aromatic nitrogens is 2. The summed E-state index contributed by atoms with van der Waals surface area (Å²) in [4.78, 5) is 30.1. The Morgan fingerprint density at radius 2 is 2.04 bits per heavy atom. The molecule has 1 aliphatic rings. The van der Waals surface area contributed by atoms with E-state index in [9.17, 15) is 22.8 Å². The fourth-order valence-electron chi connectivity index (χ4n) is 3.12. The minimum Gasteiger partial charge on any atom is -0.326 e. The summed E-state index contributed by atoms with van der Waals surface area (Å²) in [6.07, 6.45) is -3.42. The van der Waals surface area contributed by atoms with Gasteiger partial charge in [-0.2, -0.15) is 13.2 Å². The van der Waals surface area contributed by atoms with Gasteiger partial charge >= 0.3 is 11.9 Å². The lowest BCUT2D eigenvalue weighted by Crippen LogP contribution is -2.42. The Bertz CT molecular complexity index is 812. The first-order chi connectivity index (χ1) is 11.8. The third kappa shape index (κ3) is 4.41. The second-order valence-electron chi connectivity index (χ2n) is 6.32. The first kappa shape index (κ1) is 17.5. The van der Waals surface area contributed by atoms with Crippen LogP contribution < -0.4 is 11.0 Å². The Morgan fingerprint density at radius 1 is 1.28 bits per heavy atom. The number of hydrogen-bond donors (Lipinski definition) is 3. The van der Waals surface area contributed by atoms with Crippen molar-refractivity contribution in [3.05, 3.63) is 28.7 Å². The zero-order valence-corrected chi connectivity index (χ0v) is 13.4. The number of H-pyrrole nitrogens is 2. The van der Waals surface area contributed by atoms with Crippen LogP contribution in [0.15, 0.2) is 23.0 Å². The molecule has 9 heteroatoms. The van der Waals surface area contributed by atoms with Crippen molar-refractivity contribution in [2.75, 3.05) is 25.0 Å². The standard InChI is InChI=1S/C16H19F3N4O2/c17-16(18,19)10-2-1-6-23(9-10)7-5-14(24)20-11-3-4-12-13(8-11)22-15(25)21-12/h3-4,8,10H,1-2,5-7,9H2,(H,20,24)(H2,21,22,25). The minimum absolute atomic E-state index is 0.0483. The lowest BCUT2D eigenvalue weighted by Gasteiger charge is -2.33. The van der Waals surface area contributed by atoms with Gasteiger partial charge in [0.2, 0.25) is 5.91 Å². The molecule has 1 unspecified atom stereocenters. The van der Waals surface area contributed by atoms with Crippen molar-refractivity contribution in [1.82, 2.24) is 14.9 Å². The van der Waals surface area contributed by atoms with E-state index in [-0.39, 0.29) is 31.0 Å². The quantitative estimate of drug-likeness (QED) is 0.787. The van der Waals surface area contributed by atoms with Gasteiger partial charge in [-0.3, -0.25) is 4.79 Å². The predicted octanol–water partition coefficient (Wildman–Crippen LogP) is 2.46. The predicted molar refractivity (Wildman–Crippen MR) is 87.4 cm³/mol. The number of carbonyl (C=O) groups is 1. The van der Waals surface area contributed by atoms with E-state index in [1.807, 2.05) is 0 Å². The van der Waals surface area contributed by atoms with E-state index in [0.717, 1.165) is 0 Å². The van der Waals surface area contributed by atoms with Crippen LogP contribution in [0, 0.1) is 5.92 Å². The van der Waals surface area contributed by atoms with E-state index in [2.05, 4.69) is 15.3 Å². The van der Waals surface area contributed by atoms with Gasteiger partial charge in [-0.1, -0.05) is 0 Å². The van der Waals surface area contributed by atoms with E-state index in [4.69, 9.17) is 0 Å². The number of likely N-dealkylation sites (tertiary alicyclic amines) is 1. The second kappa shape index (κ2) is 6.91. The summed E-state index contributed by atoms with van der Waals surface area (Å²) in [6.45, 7) is 0.825. The lowest BCUT2D eigenvalue weighted by molar-refractivity contribution is -0.186. The molecule has 1 aromatic carbocycles. The molecule has 1 saturated heterocycles. The highest BCUT2D eigenvalue weighted by Gasteiger charge is 2.41. The highest BCUT2D eigenvalue weighted by Crippen LogP contribution is 2.33. The van der Waals surface area contributed by atoms with Gasteiger partial charge in [0.1, 0.15) is 0 Å². The van der Waals surface area contributed by atoms with E-state index in [1.54, 1.807) is 23.1 Å². The van der Waals surface area contributed by atoms with Crippen molar-refractivity contribution in [2.45, 2.75) is 25.4 Å². The molecule has 1 fully saturated rings. The van der Waals surface area contributed by atoms with Crippen LogP contribution in [0.25, 0.3) is 11.0 Å². The lowest BCUT2D eigenvalue weighted by atomic mass is 9.97. The van der Waals surface area contributed by atoms with Gasteiger partial charge in [-0.25, -0.2) is 4.79 Å². The fraction of sp³-hybridized carbons (Fsp3) is 0.500. The summed E-state index contributed by atoms with van der Waals surface area (Å²) < 4.78 is 38.4. The van der Waals surface area contributed by atoms with Crippen molar-refractivity contribution in [1.29, 1.82) is 0 Å². The number of rotatable bonds is 4.